The molecule has 6 aromatic rings. The number of rotatable bonds is 12. The molecule has 11 rings (SSSR count). The number of nitrogens with zero attached hydrogens (tertiary/aromatic N) is 2. The Bertz CT molecular complexity index is 2240. The molecule has 0 radical (unpaired) electrons. The van der Waals surface area contributed by atoms with E-state index in [2.05, 4.69) is 155 Å². The number of hydrogen-bond acceptors (Lipinski definition) is 2. The molecule has 2 nitrogen and oxygen atoms in total. The van der Waals surface area contributed by atoms with Crippen molar-refractivity contribution in [2.45, 2.75) is 190 Å². The van der Waals surface area contributed by atoms with E-state index in [1.807, 2.05) is 0 Å². The minimum Gasteiger partial charge on any atom is -0.310 e. The van der Waals surface area contributed by atoms with Gasteiger partial charge in [-0.15, -0.1) is 0 Å². The summed E-state index contributed by atoms with van der Waals surface area (Å²) in [5, 5.41) is 0. The molecule has 0 amide bonds. The van der Waals surface area contributed by atoms with Gasteiger partial charge in [0.25, 0.3) is 0 Å². The van der Waals surface area contributed by atoms with Crippen molar-refractivity contribution in [3.63, 3.8) is 0 Å². The number of hydrogen-bond donors (Lipinski definition) is 0. The van der Waals surface area contributed by atoms with Crippen molar-refractivity contribution in [2.75, 3.05) is 9.80 Å². The van der Waals surface area contributed by atoms with Gasteiger partial charge in [0.1, 0.15) is 0 Å². The van der Waals surface area contributed by atoms with Gasteiger partial charge in [-0.05, 0) is 170 Å². The molecule has 0 saturated heterocycles. The fourth-order valence-corrected chi connectivity index (χ4v) is 14.4. The second kappa shape index (κ2) is 21.3. The summed E-state index contributed by atoms with van der Waals surface area (Å²) in [5.74, 6) is 2.48. The van der Waals surface area contributed by atoms with Crippen LogP contribution in [0, 0.1) is 0 Å². The van der Waals surface area contributed by atoms with Crippen LogP contribution in [-0.4, -0.2) is 0 Å². The first-order valence-corrected chi connectivity index (χ1v) is 27.9. The summed E-state index contributed by atoms with van der Waals surface area (Å²) in [4.78, 5) is 5.37. The van der Waals surface area contributed by atoms with E-state index in [0.717, 1.165) is 0 Å². The maximum Gasteiger partial charge on any atom is 0.0496 e. The molecule has 0 N–H and O–H groups in total. The molecule has 0 atom stereocenters. The first-order chi connectivity index (χ1) is 33.7. The minimum atomic E-state index is -0.00894. The standard InChI is InChI=1S/C66H78N2/c1-6-24-50(25-7-1)58-32-14-18-36-62(58)67(63-37-19-15-33-59(63)51-26-8-2-9-27-51)56-44-40-54(41-45-56)66(48-22-5-23-49-66)55-42-46-57(47-43-55)68(64-38-20-16-34-60(64)52-28-10-3-11-29-52)65-39-21-17-35-61(65)53-30-12-4-13-31-53/h14-21,32-47,50-53H,1-13,22-31,48-49H2. The number of para-hydroxylation sites is 4. The largest absolute Gasteiger partial charge is 0.310 e. The van der Waals surface area contributed by atoms with Crippen LogP contribution in [0.4, 0.5) is 34.1 Å². The van der Waals surface area contributed by atoms with Crippen molar-refractivity contribution in [1.82, 2.24) is 0 Å². The third kappa shape index (κ3) is 9.35. The monoisotopic (exact) mass is 899 g/mol. The van der Waals surface area contributed by atoms with Gasteiger partial charge >= 0.3 is 0 Å². The molecule has 0 heterocycles. The molecule has 5 aliphatic rings. The summed E-state index contributed by atoms with van der Waals surface area (Å²) in [6.07, 6.45) is 32.9. The van der Waals surface area contributed by atoms with E-state index in [4.69, 9.17) is 0 Å². The highest BCUT2D eigenvalue weighted by molar-refractivity contribution is 5.83. The summed E-state index contributed by atoms with van der Waals surface area (Å²) in [6.45, 7) is 0. The van der Waals surface area contributed by atoms with Crippen molar-refractivity contribution in [3.8, 4) is 0 Å². The molecule has 0 bridgehead atoms. The lowest BCUT2D eigenvalue weighted by Gasteiger charge is -2.40. The van der Waals surface area contributed by atoms with Crippen LogP contribution in [0.25, 0.3) is 0 Å². The van der Waals surface area contributed by atoms with Crippen molar-refractivity contribution < 1.29 is 0 Å². The highest BCUT2D eigenvalue weighted by Crippen LogP contribution is 2.52. The predicted octanol–water partition coefficient (Wildman–Crippen LogP) is 20.1. The van der Waals surface area contributed by atoms with Gasteiger partial charge in [0, 0.05) is 39.5 Å². The van der Waals surface area contributed by atoms with Crippen molar-refractivity contribution in [2.24, 2.45) is 0 Å². The quantitative estimate of drug-likeness (QED) is 0.121. The summed E-state index contributed by atoms with van der Waals surface area (Å²) >= 11 is 0. The van der Waals surface area contributed by atoms with Crippen LogP contribution in [0.5, 0.6) is 0 Å². The third-order valence-corrected chi connectivity index (χ3v) is 18.0. The summed E-state index contributed by atoms with van der Waals surface area (Å²) in [7, 11) is 0. The average molecular weight is 899 g/mol. The fourth-order valence-electron chi connectivity index (χ4n) is 14.4. The smallest absolute Gasteiger partial charge is 0.0496 e. The Balaban J connectivity index is 0.985. The van der Waals surface area contributed by atoms with Gasteiger partial charge in [-0.2, -0.15) is 0 Å². The van der Waals surface area contributed by atoms with Crippen LogP contribution in [0.3, 0.4) is 0 Å². The van der Waals surface area contributed by atoms with Crippen LogP contribution in [-0.2, 0) is 5.41 Å². The summed E-state index contributed by atoms with van der Waals surface area (Å²) in [6, 6.07) is 58.1. The van der Waals surface area contributed by atoms with Crippen LogP contribution in [0.2, 0.25) is 0 Å². The second-order valence-electron chi connectivity index (χ2n) is 22.0. The average Bonchev–Trinajstić information content (AvgIpc) is 3.43. The number of benzene rings is 6. The van der Waals surface area contributed by atoms with E-state index in [1.165, 1.54) is 228 Å². The second-order valence-corrected chi connectivity index (χ2v) is 22.0. The zero-order valence-corrected chi connectivity index (χ0v) is 41.2. The van der Waals surface area contributed by atoms with Crippen LogP contribution >= 0.6 is 0 Å². The van der Waals surface area contributed by atoms with Gasteiger partial charge in [0.2, 0.25) is 0 Å². The Kier molecular flexibility index (Phi) is 14.2. The number of anilines is 6. The lowest BCUT2D eigenvalue weighted by molar-refractivity contribution is 0.346. The van der Waals surface area contributed by atoms with E-state index >= 15 is 0 Å². The molecule has 0 unspecified atom stereocenters. The lowest BCUT2D eigenvalue weighted by atomic mass is 9.65. The zero-order valence-electron chi connectivity index (χ0n) is 41.2. The topological polar surface area (TPSA) is 6.48 Å². The Hall–Kier alpha value is -5.08. The van der Waals surface area contributed by atoms with Crippen molar-refractivity contribution >= 4 is 34.1 Å². The van der Waals surface area contributed by atoms with Gasteiger partial charge in [-0.1, -0.05) is 193 Å². The Morgan fingerprint density at radius 2 is 0.515 bits per heavy atom. The molecular formula is C66H78N2. The SMILES string of the molecule is c1ccc(N(c2ccc(C3(c4ccc(N(c5ccccc5C5CCCCC5)c5ccccc5C5CCCCC5)cc4)CCCCC3)cc2)c2ccccc2C2CCCCC2)c(C2CCCCC2)c1. The maximum atomic E-state index is 2.69. The van der Waals surface area contributed by atoms with Crippen LogP contribution in [0.1, 0.15) is 218 Å². The van der Waals surface area contributed by atoms with E-state index in [-0.39, 0.29) is 5.41 Å². The fraction of sp³-hybridized carbons (Fsp3) is 0.455. The van der Waals surface area contributed by atoms with Gasteiger partial charge in [-0.25, -0.2) is 0 Å². The molecule has 0 aliphatic heterocycles. The highest BCUT2D eigenvalue weighted by atomic mass is 15.2. The van der Waals surface area contributed by atoms with Crippen molar-refractivity contribution in [1.29, 1.82) is 0 Å². The van der Waals surface area contributed by atoms with Gasteiger partial charge in [0.05, 0.1) is 0 Å². The van der Waals surface area contributed by atoms with E-state index < -0.39 is 0 Å². The Labute approximate surface area is 410 Å². The maximum absolute atomic E-state index is 2.69. The van der Waals surface area contributed by atoms with Gasteiger partial charge < -0.3 is 9.80 Å². The summed E-state index contributed by atoms with van der Waals surface area (Å²) < 4.78 is 0. The highest BCUT2D eigenvalue weighted by Gasteiger charge is 2.37. The molecule has 5 aliphatic carbocycles. The molecule has 0 aromatic heterocycles. The summed E-state index contributed by atoms with van der Waals surface area (Å²) in [5.41, 5.74) is 17.2. The molecule has 2 heteroatoms. The third-order valence-electron chi connectivity index (χ3n) is 18.0. The zero-order chi connectivity index (χ0) is 45.5. The van der Waals surface area contributed by atoms with Gasteiger partial charge in [0.15, 0.2) is 0 Å². The first kappa shape index (κ1) is 45.4. The van der Waals surface area contributed by atoms with Crippen molar-refractivity contribution in [3.05, 3.63) is 179 Å². The molecule has 68 heavy (non-hydrogen) atoms. The predicted molar refractivity (Wildman–Crippen MR) is 289 cm³/mol. The Morgan fingerprint density at radius 1 is 0.265 bits per heavy atom. The van der Waals surface area contributed by atoms with Gasteiger partial charge in [-0.3, -0.25) is 0 Å². The minimum absolute atomic E-state index is 0.00894. The van der Waals surface area contributed by atoms with E-state index in [9.17, 15) is 0 Å². The molecule has 352 valence electrons. The molecular weight excluding hydrogens is 821 g/mol. The Morgan fingerprint density at radius 3 is 0.794 bits per heavy atom. The molecule has 5 fully saturated rings. The van der Waals surface area contributed by atoms with Crippen LogP contribution in [0.15, 0.2) is 146 Å². The molecule has 6 aromatic carbocycles. The van der Waals surface area contributed by atoms with Crippen LogP contribution < -0.4 is 9.80 Å². The lowest BCUT2D eigenvalue weighted by Crippen LogP contribution is -2.30. The first-order valence-electron chi connectivity index (χ1n) is 27.9. The van der Waals surface area contributed by atoms with E-state index in [1.54, 1.807) is 0 Å². The molecule has 0 spiro atoms. The van der Waals surface area contributed by atoms with E-state index in [0.29, 0.717) is 23.7 Å². The normalized spacial score (nSPS) is 19.9. The molecule has 5 saturated carbocycles.